The number of methoxy groups -OCH3 is 3. The number of aliphatic hydroxyl groups excluding tert-OH is 1. The van der Waals surface area contributed by atoms with Gasteiger partial charge in [0, 0.05) is 33.1 Å². The zero-order chi connectivity index (χ0) is 28.3. The molecule has 2 aromatic rings. The molecule has 2 aliphatic carbocycles. The summed E-state index contributed by atoms with van der Waals surface area (Å²) in [6.45, 7) is 15.6. The minimum Gasteiger partial charge on any atom is -0.504 e. The lowest BCUT2D eigenvalue weighted by Crippen LogP contribution is -2.34. The fourth-order valence-electron chi connectivity index (χ4n) is 7.61. The summed E-state index contributed by atoms with van der Waals surface area (Å²) in [4.78, 5) is 0. The van der Waals surface area contributed by atoms with E-state index in [-0.39, 0.29) is 34.0 Å². The van der Waals surface area contributed by atoms with Gasteiger partial charge in [-0.05, 0) is 60.6 Å². The molecule has 5 heteroatoms. The van der Waals surface area contributed by atoms with Crippen molar-refractivity contribution in [3.63, 3.8) is 0 Å². The summed E-state index contributed by atoms with van der Waals surface area (Å²) in [5, 5.41) is 22.5. The van der Waals surface area contributed by atoms with Crippen LogP contribution in [0.4, 0.5) is 0 Å². The highest BCUT2D eigenvalue weighted by Gasteiger charge is 2.50. The Kier molecular flexibility index (Phi) is 7.27. The molecule has 0 spiro atoms. The molecular weight excluding hydrogens is 476 g/mol. The van der Waals surface area contributed by atoms with Crippen molar-refractivity contribution in [2.45, 2.75) is 104 Å². The molecule has 2 atom stereocenters. The maximum atomic E-state index is 11.9. The van der Waals surface area contributed by atoms with E-state index >= 15 is 0 Å². The fraction of sp³-hybridized carbons (Fsp3) is 0.636. The summed E-state index contributed by atoms with van der Waals surface area (Å²) in [7, 11) is 4.93. The summed E-state index contributed by atoms with van der Waals surface area (Å²) < 4.78 is 18.1. The molecule has 2 aliphatic rings. The van der Waals surface area contributed by atoms with E-state index in [4.69, 9.17) is 14.2 Å². The predicted octanol–water partition coefficient (Wildman–Crippen LogP) is 7.82. The second kappa shape index (κ2) is 9.66. The Labute approximate surface area is 229 Å². The van der Waals surface area contributed by atoms with E-state index in [9.17, 15) is 10.2 Å². The number of benzene rings is 2. The quantitative estimate of drug-likeness (QED) is 0.386. The molecule has 0 aliphatic heterocycles. The van der Waals surface area contributed by atoms with E-state index in [1.165, 1.54) is 0 Å². The highest BCUT2D eigenvalue weighted by molar-refractivity contribution is 5.87. The van der Waals surface area contributed by atoms with Crippen molar-refractivity contribution in [1.29, 1.82) is 0 Å². The Balaban J connectivity index is 2.04. The maximum Gasteiger partial charge on any atom is 0.169 e. The second-order valence-corrected chi connectivity index (χ2v) is 13.3. The molecule has 2 N–H and O–H groups in total. The van der Waals surface area contributed by atoms with Gasteiger partial charge in [0.2, 0.25) is 0 Å². The normalized spacial score (nSPS) is 26.0. The zero-order valence-corrected chi connectivity index (χ0v) is 25.2. The largest absolute Gasteiger partial charge is 0.504 e. The number of ether oxygens (including phenoxy) is 3. The van der Waals surface area contributed by atoms with E-state index in [0.29, 0.717) is 33.9 Å². The Morgan fingerprint density at radius 3 is 1.55 bits per heavy atom. The van der Waals surface area contributed by atoms with E-state index in [0.717, 1.165) is 55.2 Å². The molecule has 210 valence electrons. The van der Waals surface area contributed by atoms with Crippen LogP contribution >= 0.6 is 0 Å². The third kappa shape index (κ3) is 3.91. The summed E-state index contributed by atoms with van der Waals surface area (Å²) in [5.74, 6) is 1.80. The van der Waals surface area contributed by atoms with Gasteiger partial charge in [-0.25, -0.2) is 0 Å². The van der Waals surface area contributed by atoms with Gasteiger partial charge < -0.3 is 24.4 Å². The number of aromatic hydroxyl groups is 1. The summed E-state index contributed by atoms with van der Waals surface area (Å²) in [5.41, 5.74) is 4.84. The first-order valence-corrected chi connectivity index (χ1v) is 14.0. The van der Waals surface area contributed by atoms with Crippen LogP contribution in [0, 0.1) is 17.8 Å². The van der Waals surface area contributed by atoms with Crippen LogP contribution in [-0.4, -0.2) is 31.5 Å². The van der Waals surface area contributed by atoms with Gasteiger partial charge in [0.05, 0.1) is 27.9 Å². The maximum absolute atomic E-state index is 11.9. The van der Waals surface area contributed by atoms with Crippen LogP contribution in [0.3, 0.4) is 0 Å². The first-order valence-electron chi connectivity index (χ1n) is 14.0. The Morgan fingerprint density at radius 1 is 0.684 bits per heavy atom. The lowest BCUT2D eigenvalue weighted by atomic mass is 9.64. The van der Waals surface area contributed by atoms with Gasteiger partial charge in [-0.3, -0.25) is 0 Å². The Hall–Kier alpha value is -2.40. The zero-order valence-electron chi connectivity index (χ0n) is 25.2. The van der Waals surface area contributed by atoms with Gasteiger partial charge >= 0.3 is 0 Å². The molecule has 2 saturated carbocycles. The number of phenolic OH excluding ortho intramolecular Hbond substituents is 1. The molecule has 4 rings (SSSR count). The van der Waals surface area contributed by atoms with Crippen LogP contribution < -0.4 is 14.2 Å². The lowest BCUT2D eigenvalue weighted by Gasteiger charge is -2.41. The Morgan fingerprint density at radius 2 is 1.16 bits per heavy atom. The molecule has 0 amide bonds. The SMILES string of the molecule is COc1c([C@@]2(C)CCCC2(C)C)cc(C)c(-c2c(CO)cc([C@@]3(C)CCCC3(C)C)c(OC)c2OC)c1O. The smallest absolute Gasteiger partial charge is 0.169 e. The minimum atomic E-state index is -0.188. The molecule has 0 saturated heterocycles. The van der Waals surface area contributed by atoms with Crippen LogP contribution in [0.2, 0.25) is 0 Å². The van der Waals surface area contributed by atoms with Crippen molar-refractivity contribution in [2.24, 2.45) is 10.8 Å². The van der Waals surface area contributed by atoms with Crippen molar-refractivity contribution in [2.75, 3.05) is 21.3 Å². The van der Waals surface area contributed by atoms with Crippen LogP contribution in [0.1, 0.15) is 102 Å². The highest BCUT2D eigenvalue weighted by Crippen LogP contribution is 2.61. The van der Waals surface area contributed by atoms with Gasteiger partial charge in [-0.15, -0.1) is 0 Å². The van der Waals surface area contributed by atoms with E-state index in [1.54, 1.807) is 21.3 Å². The van der Waals surface area contributed by atoms with Crippen molar-refractivity contribution < 1.29 is 24.4 Å². The van der Waals surface area contributed by atoms with Gasteiger partial charge in [0.25, 0.3) is 0 Å². The molecule has 0 aromatic heterocycles. The Bertz CT molecular complexity index is 1230. The first kappa shape index (κ1) is 28.6. The number of aryl methyl sites for hydroxylation is 1. The molecule has 5 nitrogen and oxygen atoms in total. The third-order valence-corrected chi connectivity index (χ3v) is 10.9. The van der Waals surface area contributed by atoms with E-state index in [1.807, 2.05) is 6.92 Å². The summed E-state index contributed by atoms with van der Waals surface area (Å²) in [6, 6.07) is 4.24. The molecule has 38 heavy (non-hydrogen) atoms. The number of phenols is 1. The second-order valence-electron chi connectivity index (χ2n) is 13.3. The molecule has 0 unspecified atom stereocenters. The molecular formula is C33H48O5. The van der Waals surface area contributed by atoms with E-state index in [2.05, 4.69) is 53.7 Å². The average molecular weight is 525 g/mol. The van der Waals surface area contributed by atoms with Crippen LogP contribution in [0.5, 0.6) is 23.0 Å². The fourth-order valence-corrected chi connectivity index (χ4v) is 7.61. The van der Waals surface area contributed by atoms with Gasteiger partial charge in [0.15, 0.2) is 23.0 Å². The van der Waals surface area contributed by atoms with Crippen molar-refractivity contribution in [1.82, 2.24) is 0 Å². The number of hydrogen-bond acceptors (Lipinski definition) is 5. The predicted molar refractivity (Wildman–Crippen MR) is 154 cm³/mol. The molecule has 2 aromatic carbocycles. The number of rotatable bonds is 7. The monoisotopic (exact) mass is 524 g/mol. The molecule has 0 radical (unpaired) electrons. The number of aliphatic hydroxyl groups is 1. The summed E-state index contributed by atoms with van der Waals surface area (Å²) >= 11 is 0. The van der Waals surface area contributed by atoms with Gasteiger partial charge in [-0.1, -0.05) is 60.5 Å². The standard InChI is InChI=1S/C33H48O5/c1-20-17-22(32(6)15-11-13-30(32,2)3)27(36-8)26(35)24(20)25-21(19-34)18-23(28(37-9)29(25)38-10)33(7)16-12-14-31(33,4)5/h17-18,34-35H,11-16,19H2,1-10H3/t32-,33-/m1/s1. The van der Waals surface area contributed by atoms with Crippen molar-refractivity contribution >= 4 is 0 Å². The van der Waals surface area contributed by atoms with Crippen LogP contribution in [0.15, 0.2) is 12.1 Å². The highest BCUT2D eigenvalue weighted by atomic mass is 16.5. The molecule has 2 fully saturated rings. The number of hydrogen-bond donors (Lipinski definition) is 2. The molecule has 0 bridgehead atoms. The molecule has 0 heterocycles. The minimum absolute atomic E-state index is 0.0615. The third-order valence-electron chi connectivity index (χ3n) is 10.9. The van der Waals surface area contributed by atoms with Crippen molar-refractivity contribution in [3.8, 4) is 34.1 Å². The first-order chi connectivity index (χ1) is 17.7. The van der Waals surface area contributed by atoms with Crippen LogP contribution in [0.25, 0.3) is 11.1 Å². The summed E-state index contributed by atoms with van der Waals surface area (Å²) in [6.07, 6.45) is 6.61. The topological polar surface area (TPSA) is 68.2 Å². The van der Waals surface area contributed by atoms with E-state index < -0.39 is 0 Å². The van der Waals surface area contributed by atoms with Crippen molar-refractivity contribution in [3.05, 3.63) is 34.4 Å². The van der Waals surface area contributed by atoms with Gasteiger partial charge in [-0.2, -0.15) is 0 Å². The average Bonchev–Trinajstić information content (AvgIpc) is 3.30. The van der Waals surface area contributed by atoms with Crippen LogP contribution in [-0.2, 0) is 17.4 Å². The van der Waals surface area contributed by atoms with Gasteiger partial charge in [0.1, 0.15) is 0 Å². The lowest BCUT2D eigenvalue weighted by molar-refractivity contribution is 0.215.